The molecule has 2 rings (SSSR count). The van der Waals surface area contributed by atoms with Gasteiger partial charge in [-0.15, -0.1) is 0 Å². The number of carbonyl (C=O) groups excluding carboxylic acids is 1. The Bertz CT molecular complexity index is 799. The SMILES string of the molecule is COc1ccc(CN(C)CC(=O)Nc2cc(C)c(Cl)cc2OC)cc1F. The first-order valence-electron chi connectivity index (χ1n) is 7.99. The van der Waals surface area contributed by atoms with Gasteiger partial charge in [0.1, 0.15) is 5.75 Å². The summed E-state index contributed by atoms with van der Waals surface area (Å²) in [5.41, 5.74) is 2.15. The molecule has 0 unspecified atom stereocenters. The summed E-state index contributed by atoms with van der Waals surface area (Å²) in [6.45, 7) is 2.41. The molecular weight excluding hydrogens is 359 g/mol. The van der Waals surface area contributed by atoms with Crippen LogP contribution in [0.1, 0.15) is 11.1 Å². The molecule has 0 heterocycles. The Kier molecular flexibility index (Phi) is 6.83. The summed E-state index contributed by atoms with van der Waals surface area (Å²) in [5, 5.41) is 3.39. The van der Waals surface area contributed by atoms with Crippen molar-refractivity contribution in [3.05, 3.63) is 52.3 Å². The molecule has 0 aliphatic heterocycles. The van der Waals surface area contributed by atoms with Gasteiger partial charge in [-0.3, -0.25) is 9.69 Å². The van der Waals surface area contributed by atoms with Crippen molar-refractivity contribution in [2.75, 3.05) is 33.1 Å². The Morgan fingerprint density at radius 1 is 1.19 bits per heavy atom. The average Bonchev–Trinajstić information content (AvgIpc) is 2.57. The van der Waals surface area contributed by atoms with E-state index in [1.807, 2.05) is 6.92 Å². The third kappa shape index (κ3) is 5.09. The van der Waals surface area contributed by atoms with Gasteiger partial charge in [-0.1, -0.05) is 17.7 Å². The van der Waals surface area contributed by atoms with Crippen LogP contribution in [0, 0.1) is 12.7 Å². The topological polar surface area (TPSA) is 50.8 Å². The Morgan fingerprint density at radius 3 is 2.50 bits per heavy atom. The molecule has 7 heteroatoms. The fourth-order valence-electron chi connectivity index (χ4n) is 2.54. The fourth-order valence-corrected chi connectivity index (χ4v) is 2.69. The van der Waals surface area contributed by atoms with E-state index in [0.29, 0.717) is 23.0 Å². The zero-order valence-electron chi connectivity index (χ0n) is 15.2. The second kappa shape index (κ2) is 8.87. The molecule has 0 aliphatic carbocycles. The summed E-state index contributed by atoms with van der Waals surface area (Å²) >= 11 is 6.07. The number of hydrogen-bond donors (Lipinski definition) is 1. The molecule has 0 atom stereocenters. The lowest BCUT2D eigenvalue weighted by molar-refractivity contribution is -0.117. The highest BCUT2D eigenvalue weighted by molar-refractivity contribution is 6.31. The van der Waals surface area contributed by atoms with E-state index in [-0.39, 0.29) is 18.2 Å². The van der Waals surface area contributed by atoms with Crippen molar-refractivity contribution in [3.63, 3.8) is 0 Å². The van der Waals surface area contributed by atoms with Crippen molar-refractivity contribution in [1.29, 1.82) is 0 Å². The van der Waals surface area contributed by atoms with E-state index in [1.54, 1.807) is 36.2 Å². The van der Waals surface area contributed by atoms with Gasteiger partial charge in [0.2, 0.25) is 5.91 Å². The van der Waals surface area contributed by atoms with Crippen molar-refractivity contribution in [3.8, 4) is 11.5 Å². The third-order valence-electron chi connectivity index (χ3n) is 3.84. The minimum atomic E-state index is -0.427. The van der Waals surface area contributed by atoms with Gasteiger partial charge in [0, 0.05) is 17.6 Å². The van der Waals surface area contributed by atoms with Crippen LogP contribution in [-0.4, -0.2) is 38.6 Å². The lowest BCUT2D eigenvalue weighted by atomic mass is 10.2. The number of ether oxygens (including phenoxy) is 2. The summed E-state index contributed by atoms with van der Waals surface area (Å²) in [7, 11) is 4.72. The third-order valence-corrected chi connectivity index (χ3v) is 4.24. The van der Waals surface area contributed by atoms with Gasteiger partial charge in [0.15, 0.2) is 11.6 Å². The number of anilines is 1. The summed E-state index contributed by atoms with van der Waals surface area (Å²) in [6.07, 6.45) is 0. The minimum Gasteiger partial charge on any atom is -0.495 e. The molecule has 0 saturated carbocycles. The number of methoxy groups -OCH3 is 2. The predicted molar refractivity (Wildman–Crippen MR) is 101 cm³/mol. The first kappa shape index (κ1) is 20.0. The molecule has 0 aliphatic rings. The van der Waals surface area contributed by atoms with Crippen molar-refractivity contribution < 1.29 is 18.7 Å². The maximum Gasteiger partial charge on any atom is 0.238 e. The van der Waals surface area contributed by atoms with Crippen molar-refractivity contribution >= 4 is 23.2 Å². The molecule has 2 aromatic carbocycles. The Hall–Kier alpha value is -2.31. The highest BCUT2D eigenvalue weighted by atomic mass is 35.5. The highest BCUT2D eigenvalue weighted by Crippen LogP contribution is 2.30. The number of rotatable bonds is 7. The standard InChI is InChI=1S/C19H22ClFN2O3/c1-12-7-16(18(26-4)9-14(12)20)22-19(24)11-23(2)10-13-5-6-17(25-3)15(21)8-13/h5-9H,10-11H2,1-4H3,(H,22,24). The fraction of sp³-hybridized carbons (Fsp3) is 0.316. The van der Waals surface area contributed by atoms with Crippen molar-refractivity contribution in [2.24, 2.45) is 0 Å². The molecule has 5 nitrogen and oxygen atoms in total. The van der Waals surface area contributed by atoms with Crippen molar-refractivity contribution in [1.82, 2.24) is 4.90 Å². The molecule has 2 aromatic rings. The maximum absolute atomic E-state index is 13.8. The molecule has 0 fully saturated rings. The normalized spacial score (nSPS) is 10.7. The average molecular weight is 381 g/mol. The van der Waals surface area contributed by atoms with Gasteiger partial charge in [-0.25, -0.2) is 4.39 Å². The van der Waals surface area contributed by atoms with E-state index in [0.717, 1.165) is 11.1 Å². The van der Waals surface area contributed by atoms with Crippen LogP contribution in [0.3, 0.4) is 0 Å². The van der Waals surface area contributed by atoms with Crippen LogP contribution < -0.4 is 14.8 Å². The van der Waals surface area contributed by atoms with E-state index in [2.05, 4.69) is 5.32 Å². The van der Waals surface area contributed by atoms with Gasteiger partial charge in [0.05, 0.1) is 26.5 Å². The van der Waals surface area contributed by atoms with E-state index in [4.69, 9.17) is 21.1 Å². The summed E-state index contributed by atoms with van der Waals surface area (Å²) in [4.78, 5) is 14.1. The molecule has 0 radical (unpaired) electrons. The van der Waals surface area contributed by atoms with E-state index >= 15 is 0 Å². The molecule has 1 amide bonds. The van der Waals surface area contributed by atoms with Crippen LogP contribution in [-0.2, 0) is 11.3 Å². The molecule has 0 saturated heterocycles. The molecule has 140 valence electrons. The van der Waals surface area contributed by atoms with Crippen LogP contribution in [0.25, 0.3) is 0 Å². The lowest BCUT2D eigenvalue weighted by Gasteiger charge is -2.18. The van der Waals surface area contributed by atoms with Gasteiger partial charge < -0.3 is 14.8 Å². The van der Waals surface area contributed by atoms with E-state index in [1.165, 1.54) is 20.3 Å². The summed E-state index contributed by atoms with van der Waals surface area (Å²) in [6, 6.07) is 8.16. The summed E-state index contributed by atoms with van der Waals surface area (Å²) in [5.74, 6) is 0.0545. The van der Waals surface area contributed by atoms with Crippen LogP contribution in [0.4, 0.5) is 10.1 Å². The number of likely N-dealkylation sites (N-methyl/N-ethyl adjacent to an activating group) is 1. The highest BCUT2D eigenvalue weighted by Gasteiger charge is 2.13. The number of nitrogens with zero attached hydrogens (tertiary/aromatic N) is 1. The van der Waals surface area contributed by atoms with Gasteiger partial charge in [0.25, 0.3) is 0 Å². The van der Waals surface area contributed by atoms with Crippen LogP contribution in [0.15, 0.2) is 30.3 Å². The largest absolute Gasteiger partial charge is 0.495 e. The van der Waals surface area contributed by atoms with Gasteiger partial charge >= 0.3 is 0 Å². The zero-order chi connectivity index (χ0) is 19.3. The molecular formula is C19H22ClFN2O3. The molecule has 0 spiro atoms. The minimum absolute atomic E-state index is 0.137. The lowest BCUT2D eigenvalue weighted by Crippen LogP contribution is -2.30. The number of aryl methyl sites for hydroxylation is 1. The van der Waals surface area contributed by atoms with Crippen LogP contribution >= 0.6 is 11.6 Å². The Morgan fingerprint density at radius 2 is 1.88 bits per heavy atom. The second-order valence-electron chi connectivity index (χ2n) is 5.99. The quantitative estimate of drug-likeness (QED) is 0.792. The monoisotopic (exact) mass is 380 g/mol. The van der Waals surface area contributed by atoms with Gasteiger partial charge in [-0.05, 0) is 43.3 Å². The molecule has 0 bridgehead atoms. The first-order chi connectivity index (χ1) is 12.3. The van der Waals surface area contributed by atoms with E-state index in [9.17, 15) is 9.18 Å². The van der Waals surface area contributed by atoms with Gasteiger partial charge in [-0.2, -0.15) is 0 Å². The second-order valence-corrected chi connectivity index (χ2v) is 6.40. The molecule has 0 aromatic heterocycles. The maximum atomic E-state index is 13.8. The van der Waals surface area contributed by atoms with Crippen molar-refractivity contribution in [2.45, 2.75) is 13.5 Å². The molecule has 1 N–H and O–H groups in total. The zero-order valence-corrected chi connectivity index (χ0v) is 16.0. The van der Waals surface area contributed by atoms with E-state index < -0.39 is 5.82 Å². The number of amides is 1. The predicted octanol–water partition coefficient (Wildman–Crippen LogP) is 3.88. The number of nitrogens with one attached hydrogen (secondary N) is 1. The first-order valence-corrected chi connectivity index (χ1v) is 8.36. The summed E-state index contributed by atoms with van der Waals surface area (Å²) < 4.78 is 23.9. The molecule has 26 heavy (non-hydrogen) atoms. The Balaban J connectivity index is 1.99. The van der Waals surface area contributed by atoms with Crippen LogP contribution in [0.2, 0.25) is 5.02 Å². The number of carbonyl (C=O) groups is 1. The Labute approximate surface area is 157 Å². The smallest absolute Gasteiger partial charge is 0.238 e. The number of halogens is 2. The number of benzene rings is 2. The number of hydrogen-bond acceptors (Lipinski definition) is 4. The van der Waals surface area contributed by atoms with Crippen LogP contribution in [0.5, 0.6) is 11.5 Å².